The van der Waals surface area contributed by atoms with E-state index in [9.17, 15) is 42.3 Å². The van der Waals surface area contributed by atoms with E-state index >= 15 is 0 Å². The number of urea groups is 2. The number of fused-ring (bicyclic) bond motifs is 1. The molecule has 0 aromatic heterocycles. The van der Waals surface area contributed by atoms with Crippen LogP contribution in [0.4, 0.5) is 9.59 Å². The molecule has 2 aromatic carbocycles. The number of hydrogen-bond donors (Lipinski definition) is 3. The molecule has 15 nitrogen and oxygen atoms in total. The van der Waals surface area contributed by atoms with Gasteiger partial charge in [0.2, 0.25) is 5.91 Å². The lowest BCUT2D eigenvalue weighted by molar-refractivity contribution is -0.151. The topological polar surface area (TPSA) is 200 Å². The predicted molar refractivity (Wildman–Crippen MR) is 156 cm³/mol. The van der Waals surface area contributed by atoms with Crippen molar-refractivity contribution >= 4 is 57.6 Å². The second-order valence-corrected chi connectivity index (χ2v) is 13.0. The number of nitrogens with one attached hydrogen (secondary N) is 2. The van der Waals surface area contributed by atoms with Gasteiger partial charge in [0.25, 0.3) is 15.9 Å². The Labute approximate surface area is 261 Å². The predicted octanol–water partition coefficient (Wildman–Crippen LogP) is 0.866. The van der Waals surface area contributed by atoms with Crippen molar-refractivity contribution in [3.8, 4) is 0 Å². The van der Waals surface area contributed by atoms with Gasteiger partial charge < -0.3 is 20.5 Å². The van der Waals surface area contributed by atoms with Crippen LogP contribution in [-0.2, 0) is 33.9 Å². The zero-order valence-electron chi connectivity index (χ0n) is 23.6. The third kappa shape index (κ3) is 6.08. The maximum Gasteiger partial charge on any atom is 0.352 e. The van der Waals surface area contributed by atoms with Gasteiger partial charge in [0.05, 0.1) is 18.0 Å². The molecule has 3 N–H and O–H groups in total. The fraction of sp³-hybridized carbons (Fsp3) is 0.286. The average Bonchev–Trinajstić information content (AvgIpc) is 3.43. The highest BCUT2D eigenvalue weighted by Crippen LogP contribution is 2.40. The summed E-state index contributed by atoms with van der Waals surface area (Å²) >= 11 is 1.17. The number of aliphatic carboxylic acids is 1. The van der Waals surface area contributed by atoms with E-state index in [4.69, 9.17) is 4.74 Å². The van der Waals surface area contributed by atoms with Gasteiger partial charge in [-0.1, -0.05) is 48.5 Å². The van der Waals surface area contributed by atoms with Crippen LogP contribution in [0.5, 0.6) is 0 Å². The van der Waals surface area contributed by atoms with Crippen molar-refractivity contribution in [2.75, 3.05) is 25.4 Å². The van der Waals surface area contributed by atoms with Crippen LogP contribution in [0.15, 0.2) is 76.8 Å². The van der Waals surface area contributed by atoms with E-state index < -0.39 is 63.3 Å². The number of rotatable bonds is 9. The van der Waals surface area contributed by atoms with Gasteiger partial charge in [-0.05, 0) is 17.7 Å². The molecule has 0 radical (unpaired) electrons. The Hall–Kier alpha value is -4.90. The average molecular weight is 658 g/mol. The number of thioether (sulfide) groups is 1. The number of esters is 1. The molecule has 6 amide bonds. The number of amides is 6. The van der Waals surface area contributed by atoms with Gasteiger partial charge in [-0.3, -0.25) is 19.3 Å². The van der Waals surface area contributed by atoms with Crippen molar-refractivity contribution in [3.63, 3.8) is 0 Å². The second-order valence-electron chi connectivity index (χ2n) is 10.1. The number of sulfonamides is 1. The zero-order chi connectivity index (χ0) is 32.5. The highest BCUT2D eigenvalue weighted by atomic mass is 32.2. The Morgan fingerprint density at radius 3 is 2.29 bits per heavy atom. The van der Waals surface area contributed by atoms with E-state index in [2.05, 4.69) is 10.6 Å². The maximum absolute atomic E-state index is 13.6. The molecule has 0 spiro atoms. The number of hydrogen-bond acceptors (Lipinski definition) is 10. The molecule has 2 saturated heterocycles. The van der Waals surface area contributed by atoms with Crippen molar-refractivity contribution in [1.82, 2.24) is 24.7 Å². The van der Waals surface area contributed by atoms with Crippen LogP contribution in [0.2, 0.25) is 0 Å². The third-order valence-corrected chi connectivity index (χ3v) is 10.3. The Bertz CT molecular complexity index is 1700. The lowest BCUT2D eigenvalue weighted by Crippen LogP contribution is -2.71. The monoisotopic (exact) mass is 657 g/mol. The summed E-state index contributed by atoms with van der Waals surface area (Å²) in [6, 6.07) is 10.6. The molecule has 3 atom stereocenters. The SMILES string of the molecule is CC(=O)OCC1=C(C(=O)O)N2C(=O)C(NC(=O)[C@H](NC(=O)N3CCN(S(=O)(=O)c4ccccc4)C3=O)c3ccccc3)[C@H]2SC1. The number of nitrogens with zero attached hydrogens (tertiary/aromatic N) is 3. The number of carboxylic acids is 1. The van der Waals surface area contributed by atoms with Gasteiger partial charge in [-0.25, -0.2) is 32.0 Å². The first-order valence-corrected chi connectivity index (χ1v) is 16.0. The number of carbonyl (C=O) groups excluding carboxylic acids is 5. The highest BCUT2D eigenvalue weighted by Gasteiger charge is 2.54. The van der Waals surface area contributed by atoms with Crippen molar-refractivity contribution in [2.24, 2.45) is 0 Å². The molecule has 3 aliphatic heterocycles. The number of imide groups is 1. The summed E-state index contributed by atoms with van der Waals surface area (Å²) in [6.45, 7) is 0.299. The summed E-state index contributed by atoms with van der Waals surface area (Å²) in [5.41, 5.74) is 0.203. The lowest BCUT2D eigenvalue weighted by atomic mass is 10.0. The Morgan fingerprint density at radius 1 is 1.02 bits per heavy atom. The maximum atomic E-state index is 13.6. The van der Waals surface area contributed by atoms with Crippen LogP contribution in [0.3, 0.4) is 0 Å². The normalized spacial score (nSPS) is 20.2. The van der Waals surface area contributed by atoms with Crippen molar-refractivity contribution < 1.29 is 47.0 Å². The molecule has 3 aliphatic rings. The number of β-lactam (4-membered cyclic amide) rings is 1. The van der Waals surface area contributed by atoms with Crippen LogP contribution in [0.25, 0.3) is 0 Å². The molecule has 5 rings (SSSR count). The minimum absolute atomic E-state index is 0.119. The molecule has 0 bridgehead atoms. The second kappa shape index (κ2) is 12.6. The lowest BCUT2D eigenvalue weighted by Gasteiger charge is -2.49. The molecule has 17 heteroatoms. The smallest absolute Gasteiger partial charge is 0.352 e. The van der Waals surface area contributed by atoms with E-state index in [0.29, 0.717) is 14.8 Å². The minimum atomic E-state index is -4.23. The van der Waals surface area contributed by atoms with Gasteiger partial charge in [-0.2, -0.15) is 0 Å². The van der Waals surface area contributed by atoms with Crippen LogP contribution in [0.1, 0.15) is 18.5 Å². The van der Waals surface area contributed by atoms with Crippen molar-refractivity contribution in [1.29, 1.82) is 0 Å². The van der Waals surface area contributed by atoms with Crippen LogP contribution in [0, 0.1) is 0 Å². The molecule has 0 saturated carbocycles. The van der Waals surface area contributed by atoms with Crippen molar-refractivity contribution in [3.05, 3.63) is 77.5 Å². The Balaban J connectivity index is 1.31. The first kappa shape index (κ1) is 31.5. The van der Waals surface area contributed by atoms with Crippen LogP contribution < -0.4 is 10.6 Å². The van der Waals surface area contributed by atoms with Gasteiger partial charge in [-0.15, -0.1) is 11.8 Å². The third-order valence-electron chi connectivity index (χ3n) is 7.21. The molecule has 2 aromatic rings. The Kier molecular flexibility index (Phi) is 8.83. The van der Waals surface area contributed by atoms with Gasteiger partial charge in [0.1, 0.15) is 29.8 Å². The zero-order valence-corrected chi connectivity index (χ0v) is 25.2. The summed E-state index contributed by atoms with van der Waals surface area (Å²) < 4.78 is 31.5. The number of carboxylic acid groups (broad SMARTS) is 1. The molecular formula is C28H27N5O10S2. The largest absolute Gasteiger partial charge is 0.477 e. The van der Waals surface area contributed by atoms with Gasteiger partial charge >= 0.3 is 24.0 Å². The summed E-state index contributed by atoms with van der Waals surface area (Å²) in [5.74, 6) is -3.43. The standard InChI is InChI=1S/C28H27N5O10S2/c1-16(34)43-14-18-15-44-25-21(24(36)33(25)22(18)26(37)38)29-23(35)20(17-8-4-2-5-9-17)30-27(39)31-12-13-32(28(31)40)45(41,42)19-10-6-3-7-11-19/h2-11,20-21,25H,12-15H2,1H3,(H,29,35)(H,30,39)(H,37,38)/t20-,21?,25-/m1/s1. The molecule has 2 fully saturated rings. The fourth-order valence-corrected chi connectivity index (χ4v) is 7.72. The van der Waals surface area contributed by atoms with Crippen LogP contribution in [-0.4, -0.2) is 100 Å². The van der Waals surface area contributed by atoms with Crippen LogP contribution >= 0.6 is 11.8 Å². The summed E-state index contributed by atoms with van der Waals surface area (Å²) in [5, 5.41) is 14.0. The molecular weight excluding hydrogens is 630 g/mol. The minimum Gasteiger partial charge on any atom is -0.477 e. The van der Waals surface area contributed by atoms with E-state index in [1.54, 1.807) is 36.4 Å². The molecule has 236 valence electrons. The first-order valence-electron chi connectivity index (χ1n) is 13.5. The summed E-state index contributed by atoms with van der Waals surface area (Å²) in [7, 11) is -4.23. The summed E-state index contributed by atoms with van der Waals surface area (Å²) in [4.78, 5) is 77.8. The van der Waals surface area contributed by atoms with E-state index in [0.717, 1.165) is 4.90 Å². The number of ether oxygens (including phenoxy) is 1. The molecule has 45 heavy (non-hydrogen) atoms. The van der Waals surface area contributed by atoms with Gasteiger partial charge in [0.15, 0.2) is 0 Å². The first-order chi connectivity index (χ1) is 21.4. The van der Waals surface area contributed by atoms with E-state index in [-0.39, 0.29) is 41.6 Å². The Morgan fingerprint density at radius 2 is 1.67 bits per heavy atom. The molecule has 0 aliphatic carbocycles. The fourth-order valence-electron chi connectivity index (χ4n) is 5.01. The van der Waals surface area contributed by atoms with E-state index in [1.165, 1.54) is 43.0 Å². The molecule has 3 heterocycles. The number of benzene rings is 2. The van der Waals surface area contributed by atoms with E-state index in [1.807, 2.05) is 0 Å². The number of carbonyl (C=O) groups is 6. The summed E-state index contributed by atoms with van der Waals surface area (Å²) in [6.07, 6.45) is 0. The van der Waals surface area contributed by atoms with Gasteiger partial charge in [0, 0.05) is 18.2 Å². The van der Waals surface area contributed by atoms with Crippen molar-refractivity contribution in [2.45, 2.75) is 29.3 Å². The highest BCUT2D eigenvalue weighted by molar-refractivity contribution is 8.00. The molecule has 1 unspecified atom stereocenters. The quantitative estimate of drug-likeness (QED) is 0.255.